The lowest BCUT2D eigenvalue weighted by molar-refractivity contribution is -0.141. The number of benzene rings is 1. The van der Waals surface area contributed by atoms with Crippen LogP contribution in [0, 0.1) is 0 Å². The fourth-order valence-corrected chi connectivity index (χ4v) is 2.97. The van der Waals surface area contributed by atoms with Crippen molar-refractivity contribution >= 4 is 21.8 Å². The summed E-state index contributed by atoms with van der Waals surface area (Å²) in [5, 5.41) is 9.78. The van der Waals surface area contributed by atoms with Gasteiger partial charge in [-0.05, 0) is 38.3 Å². The van der Waals surface area contributed by atoms with Gasteiger partial charge in [0, 0.05) is 16.6 Å². The molecular weight excluding hydrogens is 306 g/mol. The van der Waals surface area contributed by atoms with Crippen LogP contribution in [-0.4, -0.2) is 34.1 Å². The highest BCUT2D eigenvalue weighted by Gasteiger charge is 2.36. The van der Waals surface area contributed by atoms with E-state index in [-0.39, 0.29) is 11.4 Å². The van der Waals surface area contributed by atoms with Gasteiger partial charge in [-0.15, -0.1) is 0 Å². The number of β-amino-alcohol motifs (C(OH)–C–C–N with tert-alkyl or cyclic N) is 1. The van der Waals surface area contributed by atoms with E-state index in [0.717, 1.165) is 22.9 Å². The summed E-state index contributed by atoms with van der Waals surface area (Å²) in [4.78, 5) is 14.3. The van der Waals surface area contributed by atoms with E-state index in [1.54, 1.807) is 0 Å². The number of amides is 1. The largest absolute Gasteiger partial charge is 0.391 e. The Morgan fingerprint density at radius 3 is 2.84 bits per heavy atom. The number of halogens is 1. The Kier molecular flexibility index (Phi) is 4.31. The Balaban J connectivity index is 2.13. The second kappa shape index (κ2) is 5.63. The first kappa shape index (κ1) is 14.5. The quantitative estimate of drug-likeness (QED) is 0.908. The van der Waals surface area contributed by atoms with E-state index in [1.807, 2.05) is 29.2 Å². The molecule has 0 aliphatic carbocycles. The molecule has 104 valence electrons. The Hall–Kier alpha value is -0.870. The van der Waals surface area contributed by atoms with Crippen molar-refractivity contribution in [2.24, 2.45) is 0 Å². The molecule has 1 aliphatic heterocycles. The van der Waals surface area contributed by atoms with E-state index in [4.69, 9.17) is 0 Å². The number of carbonyl (C=O) groups is 1. The zero-order valence-electron chi connectivity index (χ0n) is 11.4. The number of likely N-dealkylation sites (tertiary alicyclic amines) is 1. The SMILES string of the molecule is CC1(C)CCC(O)CN1C(=O)Cc1ccccc1Br. The van der Waals surface area contributed by atoms with Crippen molar-refractivity contribution in [2.75, 3.05) is 6.54 Å². The van der Waals surface area contributed by atoms with Crippen molar-refractivity contribution in [1.82, 2.24) is 4.90 Å². The number of hydrogen-bond acceptors (Lipinski definition) is 2. The first-order valence-corrected chi connectivity index (χ1v) is 7.41. The fourth-order valence-electron chi connectivity index (χ4n) is 2.54. The lowest BCUT2D eigenvalue weighted by Crippen LogP contribution is -2.55. The molecule has 1 amide bonds. The first-order valence-electron chi connectivity index (χ1n) is 6.62. The molecule has 2 rings (SSSR count). The molecule has 19 heavy (non-hydrogen) atoms. The summed E-state index contributed by atoms with van der Waals surface area (Å²) >= 11 is 3.47. The molecule has 1 saturated heterocycles. The summed E-state index contributed by atoms with van der Waals surface area (Å²) < 4.78 is 0.957. The molecule has 1 heterocycles. The number of hydrogen-bond donors (Lipinski definition) is 1. The standard InChI is InChI=1S/C15H20BrNO2/c1-15(2)8-7-12(18)10-17(15)14(19)9-11-5-3-4-6-13(11)16/h3-6,12,18H,7-10H2,1-2H3. The van der Waals surface area contributed by atoms with Crippen LogP contribution in [0.2, 0.25) is 0 Å². The van der Waals surface area contributed by atoms with Gasteiger partial charge in [0.1, 0.15) is 0 Å². The second-order valence-corrected chi connectivity index (χ2v) is 6.63. The summed E-state index contributed by atoms with van der Waals surface area (Å²) in [6.45, 7) is 4.57. The zero-order valence-corrected chi connectivity index (χ0v) is 13.0. The lowest BCUT2D eigenvalue weighted by Gasteiger charge is -2.44. The van der Waals surface area contributed by atoms with Gasteiger partial charge in [0.15, 0.2) is 0 Å². The molecule has 0 radical (unpaired) electrons. The van der Waals surface area contributed by atoms with Crippen molar-refractivity contribution in [2.45, 2.75) is 44.8 Å². The van der Waals surface area contributed by atoms with E-state index < -0.39 is 6.10 Å². The summed E-state index contributed by atoms with van der Waals surface area (Å²) in [5.41, 5.74) is 0.820. The van der Waals surface area contributed by atoms with E-state index in [2.05, 4.69) is 29.8 Å². The van der Waals surface area contributed by atoms with Crippen LogP contribution in [0.3, 0.4) is 0 Å². The molecule has 0 aromatic heterocycles. The third kappa shape index (κ3) is 3.37. The van der Waals surface area contributed by atoms with Gasteiger partial charge in [-0.3, -0.25) is 4.79 Å². The fraction of sp³-hybridized carbons (Fsp3) is 0.533. The average molecular weight is 326 g/mol. The van der Waals surface area contributed by atoms with Crippen molar-refractivity contribution in [1.29, 1.82) is 0 Å². The molecule has 1 N–H and O–H groups in total. The molecule has 1 unspecified atom stereocenters. The third-order valence-electron chi connectivity index (χ3n) is 3.81. The minimum absolute atomic E-state index is 0.0793. The van der Waals surface area contributed by atoms with Crippen LogP contribution < -0.4 is 0 Å². The highest BCUT2D eigenvalue weighted by Crippen LogP contribution is 2.28. The van der Waals surface area contributed by atoms with Gasteiger partial charge in [0.05, 0.1) is 12.5 Å². The Labute approximate surface area is 122 Å². The highest BCUT2D eigenvalue weighted by molar-refractivity contribution is 9.10. The molecule has 3 nitrogen and oxygen atoms in total. The molecule has 1 atom stereocenters. The maximum Gasteiger partial charge on any atom is 0.227 e. The van der Waals surface area contributed by atoms with Crippen molar-refractivity contribution in [3.8, 4) is 0 Å². The van der Waals surface area contributed by atoms with Crippen molar-refractivity contribution in [3.05, 3.63) is 34.3 Å². The van der Waals surface area contributed by atoms with Gasteiger partial charge in [0.25, 0.3) is 0 Å². The minimum atomic E-state index is -0.392. The second-order valence-electron chi connectivity index (χ2n) is 5.78. The maximum atomic E-state index is 12.5. The molecular formula is C15H20BrNO2. The summed E-state index contributed by atoms with van der Waals surface area (Å²) in [6.07, 6.45) is 1.59. The topological polar surface area (TPSA) is 40.5 Å². The van der Waals surface area contributed by atoms with E-state index in [9.17, 15) is 9.90 Å². The molecule has 0 bridgehead atoms. The number of piperidine rings is 1. The van der Waals surface area contributed by atoms with Crippen LogP contribution in [0.15, 0.2) is 28.7 Å². The minimum Gasteiger partial charge on any atom is -0.391 e. The van der Waals surface area contributed by atoms with Crippen LogP contribution in [0.25, 0.3) is 0 Å². The highest BCUT2D eigenvalue weighted by atomic mass is 79.9. The van der Waals surface area contributed by atoms with Crippen LogP contribution in [-0.2, 0) is 11.2 Å². The molecule has 0 saturated carbocycles. The third-order valence-corrected chi connectivity index (χ3v) is 4.59. The van der Waals surface area contributed by atoms with Crippen LogP contribution in [0.5, 0.6) is 0 Å². The maximum absolute atomic E-state index is 12.5. The Morgan fingerprint density at radius 2 is 2.16 bits per heavy atom. The summed E-state index contributed by atoms with van der Waals surface area (Å²) in [7, 11) is 0. The summed E-state index contributed by atoms with van der Waals surface area (Å²) in [6, 6.07) is 7.77. The number of aliphatic hydroxyl groups is 1. The van der Waals surface area contributed by atoms with Gasteiger partial charge in [-0.2, -0.15) is 0 Å². The smallest absolute Gasteiger partial charge is 0.227 e. The number of carbonyl (C=O) groups excluding carboxylic acids is 1. The number of aliphatic hydroxyl groups excluding tert-OH is 1. The number of nitrogens with zero attached hydrogens (tertiary/aromatic N) is 1. The van der Waals surface area contributed by atoms with Crippen LogP contribution in [0.1, 0.15) is 32.3 Å². The van der Waals surface area contributed by atoms with Gasteiger partial charge >= 0.3 is 0 Å². The predicted molar refractivity (Wildman–Crippen MR) is 78.9 cm³/mol. The molecule has 1 aromatic rings. The molecule has 1 fully saturated rings. The van der Waals surface area contributed by atoms with Crippen LogP contribution >= 0.6 is 15.9 Å². The van der Waals surface area contributed by atoms with Gasteiger partial charge in [-0.1, -0.05) is 34.1 Å². The van der Waals surface area contributed by atoms with Crippen LogP contribution in [0.4, 0.5) is 0 Å². The van der Waals surface area contributed by atoms with Gasteiger partial charge in [-0.25, -0.2) is 0 Å². The van der Waals surface area contributed by atoms with Gasteiger partial charge in [0.2, 0.25) is 5.91 Å². The van der Waals surface area contributed by atoms with E-state index in [1.165, 1.54) is 0 Å². The zero-order chi connectivity index (χ0) is 14.0. The van der Waals surface area contributed by atoms with Crippen molar-refractivity contribution in [3.63, 3.8) is 0 Å². The molecule has 1 aliphatic rings. The molecule has 0 spiro atoms. The molecule has 1 aromatic carbocycles. The van der Waals surface area contributed by atoms with Crippen molar-refractivity contribution < 1.29 is 9.90 Å². The Morgan fingerprint density at radius 1 is 1.47 bits per heavy atom. The normalized spacial score (nSPS) is 22.3. The van der Waals surface area contributed by atoms with E-state index >= 15 is 0 Å². The van der Waals surface area contributed by atoms with Gasteiger partial charge < -0.3 is 10.0 Å². The number of rotatable bonds is 2. The molecule has 4 heteroatoms. The first-order chi connectivity index (χ1) is 8.90. The Bertz CT molecular complexity index is 473. The summed E-state index contributed by atoms with van der Waals surface area (Å²) in [5.74, 6) is 0.0793. The monoisotopic (exact) mass is 325 g/mol. The van der Waals surface area contributed by atoms with E-state index in [0.29, 0.717) is 13.0 Å². The lowest BCUT2D eigenvalue weighted by atomic mass is 9.88. The predicted octanol–water partition coefficient (Wildman–Crippen LogP) is 2.75. The average Bonchev–Trinajstić information content (AvgIpc) is 2.35.